The molecule has 5 nitrogen and oxygen atoms in total. The Morgan fingerprint density at radius 2 is 1.58 bits per heavy atom. The molecule has 3 aromatic carbocycles. The molecule has 130 valence electrons. The fourth-order valence-corrected chi connectivity index (χ4v) is 3.38. The molecule has 0 aliphatic rings. The Hall–Kier alpha value is -3.34. The van der Waals surface area contributed by atoms with Crippen LogP contribution in [0.2, 0.25) is 0 Å². The molecule has 0 amide bonds. The Kier molecular flexibility index (Phi) is 4.05. The number of ether oxygens (including phenoxy) is 1. The van der Waals surface area contributed by atoms with E-state index in [-0.39, 0.29) is 5.69 Å². The molecule has 0 saturated carbocycles. The van der Waals surface area contributed by atoms with Gasteiger partial charge < -0.3 is 9.30 Å². The number of nitrogens with zero attached hydrogens (tertiary/aromatic N) is 2. The van der Waals surface area contributed by atoms with Crippen LogP contribution in [-0.4, -0.2) is 16.1 Å². The zero-order valence-electron chi connectivity index (χ0n) is 14.4. The van der Waals surface area contributed by atoms with Crippen LogP contribution in [0.25, 0.3) is 21.8 Å². The molecular formula is C21H18N2O3. The molecule has 0 N–H and O–H groups in total. The van der Waals surface area contributed by atoms with Crippen molar-refractivity contribution < 1.29 is 9.66 Å². The largest absolute Gasteiger partial charge is 0.485 e. The molecule has 0 unspecified atom stereocenters. The van der Waals surface area contributed by atoms with Gasteiger partial charge in [0, 0.05) is 27.9 Å². The predicted octanol–water partition coefficient (Wildman–Crippen LogP) is 5.09. The maximum absolute atomic E-state index is 11.2. The Morgan fingerprint density at radius 1 is 0.962 bits per heavy atom. The van der Waals surface area contributed by atoms with E-state index in [4.69, 9.17) is 4.74 Å². The van der Waals surface area contributed by atoms with Gasteiger partial charge in [-0.3, -0.25) is 10.1 Å². The number of fused-ring (bicyclic) bond motifs is 3. The van der Waals surface area contributed by atoms with Crippen LogP contribution in [0.15, 0.2) is 66.7 Å². The lowest BCUT2D eigenvalue weighted by Gasteiger charge is -2.10. The fraction of sp³-hybridized carbons (Fsp3) is 0.143. The smallest absolute Gasteiger partial charge is 0.311 e. The second-order valence-electron chi connectivity index (χ2n) is 6.26. The van der Waals surface area contributed by atoms with Crippen LogP contribution in [0.5, 0.6) is 5.75 Å². The van der Waals surface area contributed by atoms with Crippen molar-refractivity contribution in [1.29, 1.82) is 0 Å². The molecule has 4 aromatic rings. The average molecular weight is 346 g/mol. The Morgan fingerprint density at radius 3 is 2.19 bits per heavy atom. The van der Waals surface area contributed by atoms with Crippen LogP contribution in [-0.2, 0) is 6.54 Å². The van der Waals surface area contributed by atoms with E-state index in [1.807, 2.05) is 37.3 Å². The van der Waals surface area contributed by atoms with Crippen LogP contribution in [0.4, 0.5) is 5.69 Å². The Labute approximate surface area is 150 Å². The lowest BCUT2D eigenvalue weighted by atomic mass is 10.2. The summed E-state index contributed by atoms with van der Waals surface area (Å²) < 4.78 is 7.96. The molecule has 1 aromatic heterocycles. The molecule has 0 aliphatic carbocycles. The van der Waals surface area contributed by atoms with E-state index in [9.17, 15) is 10.1 Å². The van der Waals surface area contributed by atoms with Gasteiger partial charge in [-0.1, -0.05) is 42.5 Å². The second-order valence-corrected chi connectivity index (χ2v) is 6.26. The van der Waals surface area contributed by atoms with E-state index in [0.29, 0.717) is 18.9 Å². The third kappa shape index (κ3) is 2.77. The standard InChI is InChI=1S/C21H18N2O3/c1-15-10-11-21(20(14-15)23(24)25)26-13-12-22-18-8-4-2-6-16(18)17-7-3-5-9-19(17)22/h2-11,14H,12-13H2,1H3. The van der Waals surface area contributed by atoms with Crippen molar-refractivity contribution in [2.75, 3.05) is 6.61 Å². The highest BCUT2D eigenvalue weighted by atomic mass is 16.6. The predicted molar refractivity (Wildman–Crippen MR) is 103 cm³/mol. The van der Waals surface area contributed by atoms with Crippen molar-refractivity contribution in [1.82, 2.24) is 4.57 Å². The summed E-state index contributed by atoms with van der Waals surface area (Å²) in [4.78, 5) is 10.8. The molecule has 1 heterocycles. The lowest BCUT2D eigenvalue weighted by Crippen LogP contribution is -2.09. The first-order valence-electron chi connectivity index (χ1n) is 8.49. The minimum atomic E-state index is -0.400. The molecule has 5 heteroatoms. The van der Waals surface area contributed by atoms with Crippen LogP contribution >= 0.6 is 0 Å². The number of rotatable bonds is 5. The molecule has 0 spiro atoms. The first-order chi connectivity index (χ1) is 12.6. The fourth-order valence-electron chi connectivity index (χ4n) is 3.38. The van der Waals surface area contributed by atoms with Gasteiger partial charge >= 0.3 is 5.69 Å². The summed E-state index contributed by atoms with van der Waals surface area (Å²) in [6.07, 6.45) is 0. The van der Waals surface area contributed by atoms with Gasteiger partial charge in [0.15, 0.2) is 5.75 Å². The molecule has 26 heavy (non-hydrogen) atoms. The van der Waals surface area contributed by atoms with E-state index in [0.717, 1.165) is 16.6 Å². The molecule has 0 fully saturated rings. The van der Waals surface area contributed by atoms with Crippen LogP contribution in [0, 0.1) is 17.0 Å². The Balaban J connectivity index is 1.64. The quantitative estimate of drug-likeness (QED) is 0.373. The van der Waals surface area contributed by atoms with E-state index >= 15 is 0 Å². The van der Waals surface area contributed by atoms with Gasteiger partial charge in [-0.05, 0) is 30.7 Å². The number of nitro benzene ring substituents is 1. The van der Waals surface area contributed by atoms with Gasteiger partial charge in [-0.15, -0.1) is 0 Å². The molecular weight excluding hydrogens is 328 g/mol. The number of para-hydroxylation sites is 2. The van der Waals surface area contributed by atoms with Gasteiger partial charge in [0.2, 0.25) is 0 Å². The third-order valence-electron chi connectivity index (χ3n) is 4.56. The van der Waals surface area contributed by atoms with Crippen molar-refractivity contribution in [3.63, 3.8) is 0 Å². The Bertz CT molecular complexity index is 1060. The number of aromatic nitrogens is 1. The van der Waals surface area contributed by atoms with Gasteiger partial charge in [0.05, 0.1) is 11.5 Å². The van der Waals surface area contributed by atoms with Crippen LogP contribution in [0.1, 0.15) is 5.56 Å². The zero-order valence-corrected chi connectivity index (χ0v) is 14.4. The zero-order chi connectivity index (χ0) is 18.1. The van der Waals surface area contributed by atoms with E-state index in [1.54, 1.807) is 6.07 Å². The maximum atomic E-state index is 11.2. The monoisotopic (exact) mass is 346 g/mol. The first kappa shape index (κ1) is 16.1. The van der Waals surface area contributed by atoms with Gasteiger partial charge in [-0.25, -0.2) is 0 Å². The first-order valence-corrected chi connectivity index (χ1v) is 8.49. The normalized spacial score (nSPS) is 11.1. The number of benzene rings is 3. The highest BCUT2D eigenvalue weighted by Crippen LogP contribution is 2.30. The summed E-state index contributed by atoms with van der Waals surface area (Å²) in [6, 6.07) is 21.5. The maximum Gasteiger partial charge on any atom is 0.311 e. The highest BCUT2D eigenvalue weighted by Gasteiger charge is 2.15. The lowest BCUT2D eigenvalue weighted by molar-refractivity contribution is -0.385. The summed E-state index contributed by atoms with van der Waals surface area (Å²) in [5, 5.41) is 13.6. The molecule has 0 saturated heterocycles. The summed E-state index contributed by atoms with van der Waals surface area (Å²) in [7, 11) is 0. The molecule has 4 rings (SSSR count). The van der Waals surface area contributed by atoms with Crippen LogP contribution < -0.4 is 4.74 Å². The van der Waals surface area contributed by atoms with Crippen LogP contribution in [0.3, 0.4) is 0 Å². The van der Waals surface area contributed by atoms with Crippen molar-refractivity contribution >= 4 is 27.5 Å². The average Bonchev–Trinajstić information content (AvgIpc) is 2.97. The number of hydrogen-bond donors (Lipinski definition) is 0. The summed E-state index contributed by atoms with van der Waals surface area (Å²) in [5.74, 6) is 0.307. The molecule has 0 radical (unpaired) electrons. The molecule has 0 atom stereocenters. The third-order valence-corrected chi connectivity index (χ3v) is 4.56. The molecule has 0 bridgehead atoms. The highest BCUT2D eigenvalue weighted by molar-refractivity contribution is 6.07. The minimum Gasteiger partial charge on any atom is -0.485 e. The number of aryl methyl sites for hydroxylation is 1. The van der Waals surface area contributed by atoms with Crippen molar-refractivity contribution in [2.45, 2.75) is 13.5 Å². The van der Waals surface area contributed by atoms with E-state index in [2.05, 4.69) is 28.8 Å². The van der Waals surface area contributed by atoms with Crippen molar-refractivity contribution in [3.8, 4) is 5.75 Å². The van der Waals surface area contributed by atoms with Crippen molar-refractivity contribution in [2.24, 2.45) is 0 Å². The SMILES string of the molecule is Cc1ccc(OCCn2c3ccccc3c3ccccc32)c([N+](=O)[O-])c1. The number of nitro groups is 1. The topological polar surface area (TPSA) is 57.3 Å². The van der Waals surface area contributed by atoms with Gasteiger partial charge in [0.1, 0.15) is 6.61 Å². The second kappa shape index (κ2) is 6.52. The minimum absolute atomic E-state index is 0.00669. The van der Waals surface area contributed by atoms with Gasteiger partial charge in [0.25, 0.3) is 0 Å². The summed E-state index contributed by atoms with van der Waals surface area (Å²) in [6.45, 7) is 2.79. The van der Waals surface area contributed by atoms with Gasteiger partial charge in [-0.2, -0.15) is 0 Å². The molecule has 0 aliphatic heterocycles. The van der Waals surface area contributed by atoms with E-state index in [1.165, 1.54) is 16.8 Å². The summed E-state index contributed by atoms with van der Waals surface area (Å²) in [5.41, 5.74) is 3.12. The van der Waals surface area contributed by atoms with E-state index < -0.39 is 4.92 Å². The number of hydrogen-bond acceptors (Lipinski definition) is 3. The van der Waals surface area contributed by atoms with Crippen molar-refractivity contribution in [3.05, 3.63) is 82.4 Å². The summed E-state index contributed by atoms with van der Waals surface area (Å²) >= 11 is 0.